The molecule has 2 amide bonds. The molecule has 3 rings (SSSR count). The van der Waals surface area contributed by atoms with E-state index in [1.807, 2.05) is 45.0 Å². The van der Waals surface area contributed by atoms with Gasteiger partial charge in [0.2, 0.25) is 11.8 Å². The fourth-order valence-electron chi connectivity index (χ4n) is 4.41. The maximum absolute atomic E-state index is 14.1. The third-order valence-electron chi connectivity index (χ3n) is 6.29. The Morgan fingerprint density at radius 1 is 0.975 bits per heavy atom. The highest BCUT2D eigenvalue weighted by molar-refractivity contribution is 7.92. The van der Waals surface area contributed by atoms with Gasteiger partial charge in [-0.2, -0.15) is 0 Å². The molecule has 1 unspecified atom stereocenters. The molecule has 10 heteroatoms. The number of nitrogens with one attached hydrogen (secondary N) is 1. The van der Waals surface area contributed by atoms with E-state index in [4.69, 9.17) is 16.3 Å². The molecular weight excluding hydrogens is 550 g/mol. The van der Waals surface area contributed by atoms with Gasteiger partial charge in [0.15, 0.2) is 0 Å². The van der Waals surface area contributed by atoms with Gasteiger partial charge in [-0.15, -0.1) is 0 Å². The van der Waals surface area contributed by atoms with Crippen molar-refractivity contribution in [1.29, 1.82) is 0 Å². The van der Waals surface area contributed by atoms with Crippen LogP contribution in [0.3, 0.4) is 0 Å². The van der Waals surface area contributed by atoms with E-state index >= 15 is 0 Å². The number of benzene rings is 3. The maximum atomic E-state index is 14.1. The molecule has 0 spiro atoms. The summed E-state index contributed by atoms with van der Waals surface area (Å²) in [5.74, 6) is -0.507. The van der Waals surface area contributed by atoms with E-state index < -0.39 is 28.5 Å². The Bertz CT molecular complexity index is 1410. The van der Waals surface area contributed by atoms with Crippen LogP contribution in [-0.4, -0.2) is 50.9 Å². The number of carbonyl (C=O) groups is 2. The molecule has 0 heterocycles. The van der Waals surface area contributed by atoms with Crippen LogP contribution >= 0.6 is 11.6 Å². The molecule has 3 aromatic rings. The first-order chi connectivity index (χ1) is 19.1. The van der Waals surface area contributed by atoms with E-state index in [0.29, 0.717) is 30.3 Å². The predicted molar refractivity (Wildman–Crippen MR) is 158 cm³/mol. The average molecular weight is 586 g/mol. The van der Waals surface area contributed by atoms with Gasteiger partial charge >= 0.3 is 0 Å². The maximum Gasteiger partial charge on any atom is 0.264 e. The molecule has 0 aliphatic carbocycles. The van der Waals surface area contributed by atoms with E-state index in [1.54, 1.807) is 31.2 Å². The van der Waals surface area contributed by atoms with Gasteiger partial charge in [0.25, 0.3) is 10.0 Å². The summed E-state index contributed by atoms with van der Waals surface area (Å²) in [5, 5.41) is 3.19. The highest BCUT2D eigenvalue weighted by atomic mass is 35.5. The largest absolute Gasteiger partial charge is 0.492 e. The second-order valence-corrected chi connectivity index (χ2v) is 11.5. The normalized spacial score (nSPS) is 11.9. The summed E-state index contributed by atoms with van der Waals surface area (Å²) in [6, 6.07) is 19.3. The van der Waals surface area contributed by atoms with Crippen LogP contribution in [0.1, 0.15) is 38.3 Å². The van der Waals surface area contributed by atoms with Crippen LogP contribution in [0.5, 0.6) is 5.75 Å². The van der Waals surface area contributed by atoms with Crippen LogP contribution in [0, 0.1) is 6.92 Å². The second-order valence-electron chi connectivity index (χ2n) is 9.20. The molecule has 0 saturated carbocycles. The minimum absolute atomic E-state index is 0.0306. The van der Waals surface area contributed by atoms with Crippen molar-refractivity contribution in [2.45, 2.75) is 51.6 Å². The average Bonchev–Trinajstić information content (AvgIpc) is 2.92. The van der Waals surface area contributed by atoms with Crippen molar-refractivity contribution in [2.75, 3.05) is 24.0 Å². The number of aryl methyl sites for hydroxylation is 1. The number of amides is 2. The van der Waals surface area contributed by atoms with Gasteiger partial charge in [-0.3, -0.25) is 13.9 Å². The number of likely N-dealkylation sites (N-methyl/N-ethyl adjacent to an activating group) is 1. The summed E-state index contributed by atoms with van der Waals surface area (Å²) in [7, 11) is -4.24. The predicted octanol–water partition coefficient (Wildman–Crippen LogP) is 5.19. The van der Waals surface area contributed by atoms with Crippen molar-refractivity contribution in [3.8, 4) is 5.75 Å². The quantitative estimate of drug-likeness (QED) is 0.298. The summed E-state index contributed by atoms with van der Waals surface area (Å²) < 4.78 is 34.8. The van der Waals surface area contributed by atoms with E-state index in [9.17, 15) is 18.0 Å². The molecular formula is C30H36ClN3O5S. The molecule has 8 nitrogen and oxygen atoms in total. The number of anilines is 1. The number of hydrogen-bond donors (Lipinski definition) is 1. The second kappa shape index (κ2) is 14.2. The molecule has 0 bridgehead atoms. The fraction of sp³-hybridized carbons (Fsp3) is 0.333. The minimum Gasteiger partial charge on any atom is -0.492 e. The SMILES string of the molecule is CCNC(=O)C(CC)N(Cc1cccc(C)c1)C(=O)CN(c1ccccc1OCC)S(=O)(=O)c1ccc(Cl)cc1. The Morgan fingerprint density at radius 2 is 1.68 bits per heavy atom. The first-order valence-electron chi connectivity index (χ1n) is 13.2. The molecule has 1 atom stereocenters. The fourth-order valence-corrected chi connectivity index (χ4v) is 5.96. The first kappa shape index (κ1) is 31.0. The minimum atomic E-state index is -4.24. The molecule has 0 aliphatic rings. The van der Waals surface area contributed by atoms with Crippen LogP contribution in [0.2, 0.25) is 5.02 Å². The summed E-state index contributed by atoms with van der Waals surface area (Å²) in [4.78, 5) is 28.6. The lowest BCUT2D eigenvalue weighted by Crippen LogP contribution is -2.52. The lowest BCUT2D eigenvalue weighted by Gasteiger charge is -2.33. The van der Waals surface area contributed by atoms with E-state index in [2.05, 4.69) is 5.32 Å². The van der Waals surface area contributed by atoms with Gasteiger partial charge < -0.3 is 15.0 Å². The van der Waals surface area contributed by atoms with Gasteiger partial charge in [-0.1, -0.05) is 60.5 Å². The number of ether oxygens (including phenoxy) is 1. The Kier molecular flexibility index (Phi) is 11.0. The van der Waals surface area contributed by atoms with Crippen LogP contribution < -0.4 is 14.4 Å². The van der Waals surface area contributed by atoms with Crippen molar-refractivity contribution in [2.24, 2.45) is 0 Å². The molecule has 3 aromatic carbocycles. The highest BCUT2D eigenvalue weighted by Gasteiger charge is 2.34. The van der Waals surface area contributed by atoms with Crippen molar-refractivity contribution in [3.05, 3.63) is 88.9 Å². The van der Waals surface area contributed by atoms with Crippen molar-refractivity contribution in [1.82, 2.24) is 10.2 Å². The van der Waals surface area contributed by atoms with Gasteiger partial charge in [0.1, 0.15) is 18.3 Å². The Morgan fingerprint density at radius 3 is 2.30 bits per heavy atom. The third kappa shape index (κ3) is 7.55. The monoisotopic (exact) mass is 585 g/mol. The Hall–Kier alpha value is -3.56. The molecule has 0 saturated heterocycles. The molecule has 214 valence electrons. The van der Waals surface area contributed by atoms with Gasteiger partial charge in [0, 0.05) is 18.1 Å². The Labute approximate surface area is 241 Å². The number of nitrogens with zero attached hydrogens (tertiary/aromatic N) is 2. The van der Waals surface area contributed by atoms with Crippen LogP contribution in [0.4, 0.5) is 5.69 Å². The molecule has 0 aliphatic heterocycles. The number of halogens is 1. The lowest BCUT2D eigenvalue weighted by atomic mass is 10.1. The van der Waals surface area contributed by atoms with Gasteiger partial charge in [-0.25, -0.2) is 8.42 Å². The Balaban J connectivity index is 2.11. The molecule has 0 aromatic heterocycles. The summed E-state index contributed by atoms with van der Waals surface area (Å²) in [5.41, 5.74) is 2.06. The van der Waals surface area contributed by atoms with Crippen LogP contribution in [0.25, 0.3) is 0 Å². The molecule has 40 heavy (non-hydrogen) atoms. The topological polar surface area (TPSA) is 96.0 Å². The number of para-hydroxylation sites is 2. The number of rotatable bonds is 13. The number of sulfonamides is 1. The smallest absolute Gasteiger partial charge is 0.264 e. The van der Waals surface area contributed by atoms with Crippen molar-refractivity contribution in [3.63, 3.8) is 0 Å². The highest BCUT2D eigenvalue weighted by Crippen LogP contribution is 2.33. The zero-order valence-corrected chi connectivity index (χ0v) is 24.8. The molecule has 1 N–H and O–H groups in total. The zero-order valence-electron chi connectivity index (χ0n) is 23.3. The van der Waals surface area contributed by atoms with E-state index in [-0.39, 0.29) is 23.0 Å². The number of carbonyl (C=O) groups excluding carboxylic acids is 2. The third-order valence-corrected chi connectivity index (χ3v) is 8.31. The summed E-state index contributed by atoms with van der Waals surface area (Å²) >= 11 is 6.02. The van der Waals surface area contributed by atoms with Crippen LogP contribution in [-0.2, 0) is 26.2 Å². The molecule has 0 radical (unpaired) electrons. The number of hydrogen-bond acceptors (Lipinski definition) is 5. The van der Waals surface area contributed by atoms with Gasteiger partial charge in [0.05, 0.1) is 17.2 Å². The molecule has 0 fully saturated rings. The lowest BCUT2D eigenvalue weighted by molar-refractivity contribution is -0.140. The van der Waals surface area contributed by atoms with E-state index in [1.165, 1.54) is 29.2 Å². The summed E-state index contributed by atoms with van der Waals surface area (Å²) in [6.45, 7) is 7.67. The zero-order chi connectivity index (χ0) is 29.3. The standard InChI is InChI=1S/C30H36ClN3O5S/c1-5-26(30(36)32-6-2)33(20-23-12-10-11-22(4)19-23)29(35)21-34(27-13-8-9-14-28(27)39-7-3)40(37,38)25-17-15-24(31)16-18-25/h8-19,26H,5-7,20-21H2,1-4H3,(H,32,36). The van der Waals surface area contributed by atoms with Gasteiger partial charge in [-0.05, 0) is 69.2 Å². The van der Waals surface area contributed by atoms with Crippen LogP contribution in [0.15, 0.2) is 77.7 Å². The van der Waals surface area contributed by atoms with Crippen molar-refractivity contribution < 1.29 is 22.7 Å². The van der Waals surface area contributed by atoms with Crippen molar-refractivity contribution >= 4 is 39.1 Å². The summed E-state index contributed by atoms with van der Waals surface area (Å²) in [6.07, 6.45) is 0.350. The van der Waals surface area contributed by atoms with E-state index in [0.717, 1.165) is 15.4 Å². The first-order valence-corrected chi connectivity index (χ1v) is 15.1.